The van der Waals surface area contributed by atoms with Crippen LogP contribution in [0.15, 0.2) is 17.5 Å². The van der Waals surface area contributed by atoms with Crippen LogP contribution in [0.3, 0.4) is 0 Å². The minimum Gasteiger partial charge on any atom is -0.381 e. The van der Waals surface area contributed by atoms with Gasteiger partial charge in [-0.15, -0.1) is 11.3 Å². The summed E-state index contributed by atoms with van der Waals surface area (Å²) >= 11 is 1.60. The number of nitrogens with zero attached hydrogens (tertiary/aromatic N) is 2. The molecule has 0 radical (unpaired) electrons. The Hall–Kier alpha value is -1.44. The van der Waals surface area contributed by atoms with Gasteiger partial charge in [-0.1, -0.05) is 6.07 Å². The zero-order valence-electron chi connectivity index (χ0n) is 13.6. The number of likely N-dealkylation sites (tertiary alicyclic amines) is 1. The number of hydrogen-bond acceptors (Lipinski definition) is 5. The summed E-state index contributed by atoms with van der Waals surface area (Å²) in [6, 6.07) is 4.16. The molecule has 4 rings (SSSR count). The first-order chi connectivity index (χ1) is 11.7. The van der Waals surface area contributed by atoms with Crippen LogP contribution in [0.2, 0.25) is 0 Å². The monoisotopic (exact) mass is 350 g/mol. The van der Waals surface area contributed by atoms with Crippen molar-refractivity contribution in [3.05, 3.63) is 22.4 Å². The zero-order valence-corrected chi connectivity index (χ0v) is 14.4. The minimum absolute atomic E-state index is 0.0124. The minimum atomic E-state index is -0.0576. The molecule has 0 spiro atoms. The van der Waals surface area contributed by atoms with Gasteiger partial charge in [-0.2, -0.15) is 0 Å². The topological polar surface area (TPSA) is 59.1 Å². The average molecular weight is 350 g/mol. The Balaban J connectivity index is 1.45. The van der Waals surface area contributed by atoms with Gasteiger partial charge in [-0.05, 0) is 24.3 Å². The second-order valence-corrected chi connectivity index (χ2v) is 7.65. The van der Waals surface area contributed by atoms with E-state index in [9.17, 15) is 9.59 Å². The van der Waals surface area contributed by atoms with Crippen LogP contribution >= 0.6 is 11.3 Å². The molecular formula is C17H22N2O4S. The Morgan fingerprint density at radius 3 is 2.88 bits per heavy atom. The molecular weight excluding hydrogens is 328 g/mol. The van der Waals surface area contributed by atoms with Crippen molar-refractivity contribution in [3.63, 3.8) is 0 Å². The summed E-state index contributed by atoms with van der Waals surface area (Å²) in [5, 5.41) is 1.99. The van der Waals surface area contributed by atoms with Gasteiger partial charge in [0.2, 0.25) is 11.8 Å². The third-order valence-electron chi connectivity index (χ3n) is 5.15. The van der Waals surface area contributed by atoms with E-state index in [4.69, 9.17) is 9.47 Å². The average Bonchev–Trinajstić information content (AvgIpc) is 3.25. The highest BCUT2D eigenvalue weighted by atomic mass is 32.1. The van der Waals surface area contributed by atoms with E-state index in [1.807, 2.05) is 27.3 Å². The third kappa shape index (κ3) is 3.08. The molecule has 6 nitrogen and oxygen atoms in total. The molecule has 0 unspecified atom stereocenters. The lowest BCUT2D eigenvalue weighted by molar-refractivity contribution is -0.159. The molecule has 0 saturated carbocycles. The largest absolute Gasteiger partial charge is 0.381 e. The fourth-order valence-electron chi connectivity index (χ4n) is 3.94. The van der Waals surface area contributed by atoms with Gasteiger partial charge in [0.25, 0.3) is 0 Å². The molecule has 3 aliphatic rings. The molecule has 0 aromatic carbocycles. The number of ether oxygens (including phenoxy) is 2. The Kier molecular flexibility index (Phi) is 4.56. The van der Waals surface area contributed by atoms with Crippen LogP contribution in [-0.4, -0.2) is 72.7 Å². The normalized spacial score (nSPS) is 28.2. The third-order valence-corrected chi connectivity index (χ3v) is 6.02. The number of hydrogen-bond donors (Lipinski definition) is 0. The fraction of sp³-hybridized carbons (Fsp3) is 0.647. The standard InChI is InChI=1S/C17H22N2O4S/c20-16(8-13-2-1-7-24-13)18-9-14-15(10-18)23-11-17(21)19(14)12-3-5-22-6-4-12/h1-2,7,12,14-15H,3-6,8-11H2/t14-,15-/m0/s1. The highest BCUT2D eigenvalue weighted by Crippen LogP contribution is 2.29. The van der Waals surface area contributed by atoms with Crippen LogP contribution in [0.5, 0.6) is 0 Å². The molecule has 0 bridgehead atoms. The predicted molar refractivity (Wildman–Crippen MR) is 88.8 cm³/mol. The molecule has 0 aliphatic carbocycles. The maximum atomic E-state index is 12.6. The van der Waals surface area contributed by atoms with Gasteiger partial charge in [-0.25, -0.2) is 0 Å². The van der Waals surface area contributed by atoms with E-state index in [2.05, 4.69) is 0 Å². The summed E-state index contributed by atoms with van der Waals surface area (Å²) in [5.41, 5.74) is 0. The molecule has 24 heavy (non-hydrogen) atoms. The van der Waals surface area contributed by atoms with Gasteiger partial charge in [0.15, 0.2) is 0 Å². The van der Waals surface area contributed by atoms with Crippen LogP contribution in [0.4, 0.5) is 0 Å². The summed E-state index contributed by atoms with van der Waals surface area (Å²) in [6.07, 6.45) is 2.12. The van der Waals surface area contributed by atoms with Crippen molar-refractivity contribution >= 4 is 23.2 Å². The Labute approximate surface area is 145 Å². The van der Waals surface area contributed by atoms with E-state index in [-0.39, 0.29) is 36.6 Å². The van der Waals surface area contributed by atoms with Crippen LogP contribution in [0.25, 0.3) is 0 Å². The van der Waals surface area contributed by atoms with Crippen molar-refractivity contribution in [2.24, 2.45) is 0 Å². The van der Waals surface area contributed by atoms with Crippen molar-refractivity contribution in [1.82, 2.24) is 9.80 Å². The summed E-state index contributed by atoms with van der Waals surface area (Å²) < 4.78 is 11.2. The molecule has 3 aliphatic heterocycles. The highest BCUT2D eigenvalue weighted by Gasteiger charge is 2.46. The number of thiophene rings is 1. The predicted octanol–water partition coefficient (Wildman–Crippen LogP) is 0.908. The number of amides is 2. The van der Waals surface area contributed by atoms with E-state index >= 15 is 0 Å². The Bertz CT molecular complexity index is 600. The van der Waals surface area contributed by atoms with Crippen molar-refractivity contribution in [2.75, 3.05) is 32.9 Å². The molecule has 1 aromatic rings. The summed E-state index contributed by atoms with van der Waals surface area (Å²) in [6.45, 7) is 2.70. The van der Waals surface area contributed by atoms with Crippen LogP contribution in [-0.2, 0) is 25.5 Å². The molecule has 4 heterocycles. The van der Waals surface area contributed by atoms with E-state index in [0.29, 0.717) is 32.7 Å². The second-order valence-electron chi connectivity index (χ2n) is 6.62. The van der Waals surface area contributed by atoms with Gasteiger partial charge in [-0.3, -0.25) is 9.59 Å². The molecule has 0 N–H and O–H groups in total. The van der Waals surface area contributed by atoms with E-state index in [1.165, 1.54) is 0 Å². The Morgan fingerprint density at radius 1 is 1.29 bits per heavy atom. The van der Waals surface area contributed by atoms with E-state index < -0.39 is 0 Å². The Morgan fingerprint density at radius 2 is 2.12 bits per heavy atom. The zero-order chi connectivity index (χ0) is 16.5. The van der Waals surface area contributed by atoms with Crippen molar-refractivity contribution in [2.45, 2.75) is 37.5 Å². The second kappa shape index (κ2) is 6.82. The molecule has 3 fully saturated rings. The number of carbonyl (C=O) groups is 2. The maximum Gasteiger partial charge on any atom is 0.249 e. The van der Waals surface area contributed by atoms with Gasteiger partial charge in [0, 0.05) is 37.2 Å². The van der Waals surface area contributed by atoms with Crippen molar-refractivity contribution in [3.8, 4) is 0 Å². The van der Waals surface area contributed by atoms with Gasteiger partial charge in [0.1, 0.15) is 6.61 Å². The molecule has 2 amide bonds. The first kappa shape index (κ1) is 16.1. The smallest absolute Gasteiger partial charge is 0.249 e. The van der Waals surface area contributed by atoms with Crippen molar-refractivity contribution in [1.29, 1.82) is 0 Å². The lowest BCUT2D eigenvalue weighted by atomic mass is 10.0. The molecule has 7 heteroatoms. The summed E-state index contributed by atoms with van der Waals surface area (Å²) in [5.74, 6) is 0.172. The maximum absolute atomic E-state index is 12.6. The molecule has 130 valence electrons. The SMILES string of the molecule is O=C(Cc1cccs1)N1C[C@@H]2OCC(=O)N(C3CCOCC3)[C@H]2C1. The first-order valence-corrected chi connectivity index (χ1v) is 9.41. The van der Waals surface area contributed by atoms with Crippen LogP contribution in [0, 0.1) is 0 Å². The van der Waals surface area contributed by atoms with Crippen LogP contribution in [0.1, 0.15) is 17.7 Å². The molecule has 1 aromatic heterocycles. The summed E-state index contributed by atoms with van der Waals surface area (Å²) in [7, 11) is 0. The van der Waals surface area contributed by atoms with Crippen molar-refractivity contribution < 1.29 is 19.1 Å². The van der Waals surface area contributed by atoms with Gasteiger partial charge < -0.3 is 19.3 Å². The number of fused-ring (bicyclic) bond motifs is 1. The van der Waals surface area contributed by atoms with Gasteiger partial charge >= 0.3 is 0 Å². The molecule has 2 atom stereocenters. The first-order valence-electron chi connectivity index (χ1n) is 8.53. The van der Waals surface area contributed by atoms with Gasteiger partial charge in [0.05, 0.1) is 18.6 Å². The molecule has 3 saturated heterocycles. The quantitative estimate of drug-likeness (QED) is 0.813. The highest BCUT2D eigenvalue weighted by molar-refractivity contribution is 7.10. The fourth-order valence-corrected chi connectivity index (χ4v) is 4.64. The van der Waals surface area contributed by atoms with E-state index in [1.54, 1.807) is 11.3 Å². The lowest BCUT2D eigenvalue weighted by Crippen LogP contribution is -2.58. The number of rotatable bonds is 3. The number of carbonyl (C=O) groups excluding carboxylic acids is 2. The summed E-state index contributed by atoms with van der Waals surface area (Å²) in [4.78, 5) is 29.9. The number of morpholine rings is 1. The van der Waals surface area contributed by atoms with E-state index in [0.717, 1.165) is 17.7 Å². The lowest BCUT2D eigenvalue weighted by Gasteiger charge is -2.43. The van der Waals surface area contributed by atoms with Crippen LogP contribution < -0.4 is 0 Å².